The van der Waals surface area contributed by atoms with Crippen LogP contribution in [0.3, 0.4) is 0 Å². The number of hydrogen-bond acceptors (Lipinski definition) is 5. The van der Waals surface area contributed by atoms with Gasteiger partial charge in [-0.05, 0) is 25.8 Å². The average molecular weight is 335 g/mol. The molecule has 0 saturated carbocycles. The van der Waals surface area contributed by atoms with Crippen molar-refractivity contribution in [3.8, 4) is 5.75 Å². The molecule has 0 aromatic carbocycles. The van der Waals surface area contributed by atoms with E-state index < -0.39 is 0 Å². The summed E-state index contributed by atoms with van der Waals surface area (Å²) >= 11 is 0. The fourth-order valence-electron chi connectivity index (χ4n) is 4.20. The van der Waals surface area contributed by atoms with Crippen LogP contribution in [0.5, 0.6) is 5.75 Å². The SMILES string of the molecule is Cc1cc2ncc3c(n2n1)C[C@@H]1CC[C@@H]3N1C(=O)c1cncc(O)c1. The predicted octanol–water partition coefficient (Wildman–Crippen LogP) is 2.04. The van der Waals surface area contributed by atoms with E-state index in [4.69, 9.17) is 0 Å². The minimum atomic E-state index is -0.0849. The minimum Gasteiger partial charge on any atom is -0.506 e. The zero-order chi connectivity index (χ0) is 17.1. The Morgan fingerprint density at radius 3 is 2.96 bits per heavy atom. The molecule has 0 unspecified atom stereocenters. The number of nitrogens with zero attached hydrogens (tertiary/aromatic N) is 5. The van der Waals surface area contributed by atoms with Crippen LogP contribution >= 0.6 is 0 Å². The standard InChI is InChI=1S/C18H17N5O2/c1-10-4-17-20-9-14-15-3-2-12(6-16(14)23(17)21-10)22(15)18(25)11-5-13(24)8-19-7-11/h4-5,7-9,12,15,24H,2-3,6H2,1H3/t12-,15-/m0/s1. The Bertz CT molecular complexity index is 1010. The Kier molecular flexibility index (Phi) is 2.89. The summed E-state index contributed by atoms with van der Waals surface area (Å²) in [4.78, 5) is 23.4. The molecule has 7 heteroatoms. The Morgan fingerprint density at radius 2 is 2.12 bits per heavy atom. The third-order valence-electron chi connectivity index (χ3n) is 5.23. The molecular weight excluding hydrogens is 318 g/mol. The lowest BCUT2D eigenvalue weighted by molar-refractivity contribution is 0.0641. The summed E-state index contributed by atoms with van der Waals surface area (Å²) in [6.07, 6.45) is 7.37. The maximum absolute atomic E-state index is 13.0. The number of aromatic hydroxyl groups is 1. The molecule has 2 bridgehead atoms. The molecule has 5 rings (SSSR count). The van der Waals surface area contributed by atoms with Crippen molar-refractivity contribution in [1.29, 1.82) is 0 Å². The van der Waals surface area contributed by atoms with E-state index in [2.05, 4.69) is 15.1 Å². The molecule has 2 atom stereocenters. The molecule has 1 N–H and O–H groups in total. The van der Waals surface area contributed by atoms with E-state index in [1.54, 1.807) is 0 Å². The van der Waals surface area contributed by atoms with Gasteiger partial charge in [0.15, 0.2) is 5.65 Å². The quantitative estimate of drug-likeness (QED) is 0.736. The summed E-state index contributed by atoms with van der Waals surface area (Å²) in [7, 11) is 0. The molecular formula is C18H17N5O2. The van der Waals surface area contributed by atoms with Gasteiger partial charge >= 0.3 is 0 Å². The lowest BCUT2D eigenvalue weighted by atomic mass is 9.98. The van der Waals surface area contributed by atoms with E-state index >= 15 is 0 Å². The molecule has 3 aromatic rings. The summed E-state index contributed by atoms with van der Waals surface area (Å²) in [6, 6.07) is 3.59. The highest BCUT2D eigenvalue weighted by molar-refractivity contribution is 5.95. The summed E-state index contributed by atoms with van der Waals surface area (Å²) in [5.41, 5.74) is 4.45. The molecule has 2 aliphatic heterocycles. The average Bonchev–Trinajstić information content (AvgIpc) is 3.13. The van der Waals surface area contributed by atoms with E-state index in [1.165, 1.54) is 18.5 Å². The van der Waals surface area contributed by atoms with E-state index in [9.17, 15) is 9.90 Å². The third kappa shape index (κ3) is 2.05. The monoisotopic (exact) mass is 335 g/mol. The second-order valence-electron chi connectivity index (χ2n) is 6.81. The van der Waals surface area contributed by atoms with Crippen LogP contribution in [0.1, 0.15) is 46.2 Å². The van der Waals surface area contributed by atoms with E-state index in [-0.39, 0.29) is 23.7 Å². The van der Waals surface area contributed by atoms with Crippen molar-refractivity contribution in [2.75, 3.05) is 0 Å². The first-order valence-electron chi connectivity index (χ1n) is 8.42. The number of carbonyl (C=O) groups excluding carboxylic acids is 1. The van der Waals surface area contributed by atoms with E-state index in [0.717, 1.165) is 41.9 Å². The summed E-state index contributed by atoms with van der Waals surface area (Å²) in [5.74, 6) is -0.0794. The molecule has 3 aromatic heterocycles. The van der Waals surface area contributed by atoms with Crippen LogP contribution in [-0.2, 0) is 6.42 Å². The number of aromatic nitrogens is 4. The molecule has 2 aliphatic rings. The van der Waals surface area contributed by atoms with Gasteiger partial charge in [0.25, 0.3) is 5.91 Å². The van der Waals surface area contributed by atoms with Crippen molar-refractivity contribution < 1.29 is 9.90 Å². The van der Waals surface area contributed by atoms with Crippen LogP contribution < -0.4 is 0 Å². The van der Waals surface area contributed by atoms with Crippen LogP contribution in [-0.4, -0.2) is 41.5 Å². The highest BCUT2D eigenvalue weighted by Gasteiger charge is 2.44. The van der Waals surface area contributed by atoms with Gasteiger partial charge in [0.1, 0.15) is 5.75 Å². The predicted molar refractivity (Wildman–Crippen MR) is 89.3 cm³/mol. The number of aryl methyl sites for hydroxylation is 1. The number of fused-ring (bicyclic) bond motifs is 6. The molecule has 0 radical (unpaired) electrons. The van der Waals surface area contributed by atoms with Crippen LogP contribution in [0.4, 0.5) is 0 Å². The molecule has 0 spiro atoms. The summed E-state index contributed by atoms with van der Waals surface area (Å²) in [5, 5.41) is 14.2. The fraction of sp³-hybridized carbons (Fsp3) is 0.333. The molecule has 7 nitrogen and oxygen atoms in total. The maximum atomic E-state index is 13.0. The number of rotatable bonds is 1. The lowest BCUT2D eigenvalue weighted by Crippen LogP contribution is -2.42. The van der Waals surface area contributed by atoms with Gasteiger partial charge in [-0.1, -0.05) is 0 Å². The van der Waals surface area contributed by atoms with Gasteiger partial charge in [-0.2, -0.15) is 5.10 Å². The van der Waals surface area contributed by atoms with Gasteiger partial charge in [-0.3, -0.25) is 9.78 Å². The van der Waals surface area contributed by atoms with Gasteiger partial charge in [0, 0.05) is 36.5 Å². The van der Waals surface area contributed by atoms with Gasteiger partial charge in [-0.15, -0.1) is 0 Å². The Hall–Kier alpha value is -2.96. The zero-order valence-electron chi connectivity index (χ0n) is 13.8. The van der Waals surface area contributed by atoms with Crippen LogP contribution in [0.15, 0.2) is 30.7 Å². The van der Waals surface area contributed by atoms with Crippen molar-refractivity contribution in [2.24, 2.45) is 0 Å². The summed E-state index contributed by atoms with van der Waals surface area (Å²) in [6.45, 7) is 1.96. The zero-order valence-corrected chi connectivity index (χ0v) is 13.8. The molecule has 1 saturated heterocycles. The van der Waals surface area contributed by atoms with Gasteiger partial charge in [0.05, 0.1) is 29.2 Å². The maximum Gasteiger partial charge on any atom is 0.256 e. The van der Waals surface area contributed by atoms with E-state index in [1.807, 2.05) is 28.6 Å². The molecule has 126 valence electrons. The molecule has 25 heavy (non-hydrogen) atoms. The molecule has 0 aliphatic carbocycles. The Labute approximate surface area is 143 Å². The van der Waals surface area contributed by atoms with E-state index in [0.29, 0.717) is 5.56 Å². The van der Waals surface area contributed by atoms with Gasteiger partial charge in [-0.25, -0.2) is 9.50 Å². The van der Waals surface area contributed by atoms with Crippen molar-refractivity contribution >= 4 is 11.6 Å². The van der Waals surface area contributed by atoms with Gasteiger partial charge < -0.3 is 10.0 Å². The number of pyridine rings is 1. The van der Waals surface area contributed by atoms with Crippen molar-refractivity contribution in [3.05, 3.63) is 53.2 Å². The number of amides is 1. The Morgan fingerprint density at radius 1 is 1.24 bits per heavy atom. The van der Waals surface area contributed by atoms with Crippen LogP contribution in [0.25, 0.3) is 5.65 Å². The number of hydrogen-bond donors (Lipinski definition) is 1. The first-order valence-corrected chi connectivity index (χ1v) is 8.42. The topological polar surface area (TPSA) is 83.6 Å². The summed E-state index contributed by atoms with van der Waals surface area (Å²) < 4.78 is 1.92. The highest BCUT2D eigenvalue weighted by atomic mass is 16.3. The minimum absolute atomic E-state index is 0.00463. The number of carbonyl (C=O) groups is 1. The second-order valence-corrected chi connectivity index (χ2v) is 6.81. The lowest BCUT2D eigenvalue weighted by Gasteiger charge is -2.36. The normalized spacial score (nSPS) is 21.6. The molecule has 5 heterocycles. The molecule has 1 amide bonds. The second kappa shape index (κ2) is 5.02. The van der Waals surface area contributed by atoms with Gasteiger partial charge in [0.2, 0.25) is 0 Å². The highest BCUT2D eigenvalue weighted by Crippen LogP contribution is 2.44. The Balaban J connectivity index is 1.59. The first kappa shape index (κ1) is 14.4. The fourth-order valence-corrected chi connectivity index (χ4v) is 4.20. The van der Waals surface area contributed by atoms with Crippen molar-refractivity contribution in [2.45, 2.75) is 38.3 Å². The van der Waals surface area contributed by atoms with Crippen molar-refractivity contribution in [3.63, 3.8) is 0 Å². The smallest absolute Gasteiger partial charge is 0.256 e. The first-order chi connectivity index (χ1) is 12.1. The van der Waals surface area contributed by atoms with Crippen LogP contribution in [0.2, 0.25) is 0 Å². The van der Waals surface area contributed by atoms with Crippen LogP contribution in [0, 0.1) is 6.92 Å². The molecule has 1 fully saturated rings. The third-order valence-corrected chi connectivity index (χ3v) is 5.23. The van der Waals surface area contributed by atoms with Crippen molar-refractivity contribution in [1.82, 2.24) is 24.5 Å². The largest absolute Gasteiger partial charge is 0.506 e.